The van der Waals surface area contributed by atoms with Crippen LogP contribution in [0.25, 0.3) is 27.1 Å². The zero-order chi connectivity index (χ0) is 19.4. The summed E-state index contributed by atoms with van der Waals surface area (Å²) in [7, 11) is 4.06. The van der Waals surface area contributed by atoms with Crippen LogP contribution in [-0.4, -0.2) is 57.3 Å². The van der Waals surface area contributed by atoms with Crippen LogP contribution in [0.1, 0.15) is 5.56 Å². The second-order valence-corrected chi connectivity index (χ2v) is 8.51. The van der Waals surface area contributed by atoms with Crippen molar-refractivity contribution in [3.8, 4) is 11.3 Å². The molecule has 4 heterocycles. The molecule has 5 rings (SSSR count). The van der Waals surface area contributed by atoms with Crippen molar-refractivity contribution >= 4 is 32.2 Å². The molecule has 0 saturated carbocycles. The minimum atomic E-state index is -0.0411. The Balaban J connectivity index is 1.58. The molecule has 1 aromatic carbocycles. The minimum absolute atomic E-state index is 0.0411. The minimum Gasteiger partial charge on any atom is -0.360 e. The molecule has 28 heavy (non-hydrogen) atoms. The van der Waals surface area contributed by atoms with Crippen LogP contribution in [0.5, 0.6) is 0 Å². The molecule has 1 saturated heterocycles. The first-order chi connectivity index (χ1) is 13.5. The molecule has 7 nitrogen and oxygen atoms in total. The lowest BCUT2D eigenvalue weighted by molar-refractivity contribution is 0.313. The molecule has 0 atom stereocenters. The second kappa shape index (κ2) is 6.42. The van der Waals surface area contributed by atoms with Gasteiger partial charge < -0.3 is 9.80 Å². The zero-order valence-corrected chi connectivity index (χ0v) is 17.0. The van der Waals surface area contributed by atoms with Gasteiger partial charge in [0, 0.05) is 62.6 Å². The highest BCUT2D eigenvalue weighted by molar-refractivity contribution is 7.20. The van der Waals surface area contributed by atoms with E-state index >= 15 is 0 Å². The molecule has 3 aromatic heterocycles. The first-order valence-corrected chi connectivity index (χ1v) is 10.2. The highest BCUT2D eigenvalue weighted by Crippen LogP contribution is 2.29. The summed E-state index contributed by atoms with van der Waals surface area (Å²) in [5.74, 6) is 0. The van der Waals surface area contributed by atoms with E-state index in [0.29, 0.717) is 5.69 Å². The van der Waals surface area contributed by atoms with Gasteiger partial charge in [0.05, 0.1) is 11.2 Å². The molecule has 0 radical (unpaired) electrons. The van der Waals surface area contributed by atoms with Crippen molar-refractivity contribution in [1.82, 2.24) is 24.1 Å². The van der Waals surface area contributed by atoms with Crippen molar-refractivity contribution in [1.29, 1.82) is 0 Å². The van der Waals surface area contributed by atoms with E-state index in [1.54, 1.807) is 21.8 Å². The molecule has 0 amide bonds. The van der Waals surface area contributed by atoms with Crippen LogP contribution in [-0.2, 0) is 7.05 Å². The van der Waals surface area contributed by atoms with Gasteiger partial charge in [0.25, 0.3) is 5.56 Å². The number of benzene rings is 1. The lowest BCUT2D eigenvalue weighted by atomic mass is 10.1. The Morgan fingerprint density at radius 1 is 1.04 bits per heavy atom. The fourth-order valence-electron chi connectivity index (χ4n) is 3.79. The summed E-state index contributed by atoms with van der Waals surface area (Å²) in [4.78, 5) is 23.0. The third kappa shape index (κ3) is 2.89. The Hall–Kier alpha value is -2.71. The molecule has 4 aromatic rings. The highest BCUT2D eigenvalue weighted by Gasteiger charge is 2.18. The van der Waals surface area contributed by atoms with E-state index in [-0.39, 0.29) is 5.56 Å². The van der Waals surface area contributed by atoms with Gasteiger partial charge >= 0.3 is 0 Å². The van der Waals surface area contributed by atoms with Crippen molar-refractivity contribution < 1.29 is 0 Å². The summed E-state index contributed by atoms with van der Waals surface area (Å²) >= 11 is 1.58. The number of thiazole rings is 1. The van der Waals surface area contributed by atoms with E-state index in [1.165, 1.54) is 0 Å². The van der Waals surface area contributed by atoms with Gasteiger partial charge in [-0.3, -0.25) is 13.9 Å². The Morgan fingerprint density at radius 2 is 1.82 bits per heavy atom. The van der Waals surface area contributed by atoms with E-state index in [2.05, 4.69) is 34.1 Å². The fraction of sp³-hybridized carbons (Fsp3) is 0.350. The first-order valence-electron chi connectivity index (χ1n) is 9.39. The number of nitrogens with zero attached hydrogens (tertiary/aromatic N) is 6. The zero-order valence-electron chi connectivity index (χ0n) is 16.2. The molecule has 0 unspecified atom stereocenters. The highest BCUT2D eigenvalue weighted by atomic mass is 32.1. The molecule has 1 aliphatic rings. The quantitative estimate of drug-likeness (QED) is 0.522. The smallest absolute Gasteiger partial charge is 0.259 e. The SMILES string of the molecule is Cc1cc(-c2cc(=O)n3cc(N4CCN(C)CC4)sc3n2)cc2cn(C)nc12. The fourth-order valence-corrected chi connectivity index (χ4v) is 4.83. The molecular formula is C20H22N6OS. The van der Waals surface area contributed by atoms with Crippen LogP contribution in [0.15, 0.2) is 35.4 Å². The molecular weight excluding hydrogens is 372 g/mol. The number of piperazine rings is 1. The van der Waals surface area contributed by atoms with Crippen LogP contribution in [0.4, 0.5) is 5.00 Å². The topological polar surface area (TPSA) is 58.7 Å². The number of aryl methyl sites for hydroxylation is 2. The van der Waals surface area contributed by atoms with Crippen molar-refractivity contribution in [3.63, 3.8) is 0 Å². The van der Waals surface area contributed by atoms with Gasteiger partial charge in [0.1, 0.15) is 5.00 Å². The van der Waals surface area contributed by atoms with E-state index in [1.807, 2.05) is 31.0 Å². The number of rotatable bonds is 2. The lowest BCUT2D eigenvalue weighted by Gasteiger charge is -2.32. The number of aromatic nitrogens is 4. The van der Waals surface area contributed by atoms with Crippen molar-refractivity contribution in [2.24, 2.45) is 7.05 Å². The summed E-state index contributed by atoms with van der Waals surface area (Å²) in [5.41, 5.74) is 3.69. The normalized spacial score (nSPS) is 15.8. The van der Waals surface area contributed by atoms with Crippen molar-refractivity contribution in [2.75, 3.05) is 38.1 Å². The summed E-state index contributed by atoms with van der Waals surface area (Å²) in [6.07, 6.45) is 3.92. The van der Waals surface area contributed by atoms with Crippen molar-refractivity contribution in [3.05, 3.63) is 46.5 Å². The predicted molar refractivity (Wildman–Crippen MR) is 113 cm³/mol. The maximum absolute atomic E-state index is 12.8. The van der Waals surface area contributed by atoms with Gasteiger partial charge in [-0.25, -0.2) is 4.98 Å². The molecule has 0 bridgehead atoms. The summed E-state index contributed by atoms with van der Waals surface area (Å²) in [5, 5.41) is 6.66. The van der Waals surface area contributed by atoms with Crippen LogP contribution in [0.2, 0.25) is 0 Å². The number of anilines is 1. The van der Waals surface area contributed by atoms with Crippen LogP contribution >= 0.6 is 11.3 Å². The average Bonchev–Trinajstić information content (AvgIpc) is 3.26. The standard InChI is InChI=1S/C20H22N6OS/c1-13-8-14(9-15-11-24(3)22-19(13)15)16-10-17(27)26-12-18(28-20(26)21-16)25-6-4-23(2)5-7-25/h8-12H,4-7H2,1-3H3. The van der Waals surface area contributed by atoms with Gasteiger partial charge in [-0.2, -0.15) is 5.10 Å². The largest absolute Gasteiger partial charge is 0.360 e. The van der Waals surface area contributed by atoms with Crippen molar-refractivity contribution in [2.45, 2.75) is 6.92 Å². The van der Waals surface area contributed by atoms with Gasteiger partial charge in [-0.15, -0.1) is 0 Å². The van der Waals surface area contributed by atoms with Gasteiger partial charge in [0.15, 0.2) is 4.96 Å². The number of likely N-dealkylation sites (N-methyl/N-ethyl adjacent to an activating group) is 1. The Morgan fingerprint density at radius 3 is 2.61 bits per heavy atom. The number of hydrogen-bond donors (Lipinski definition) is 0. The molecule has 1 fully saturated rings. The number of fused-ring (bicyclic) bond motifs is 2. The summed E-state index contributed by atoms with van der Waals surface area (Å²) < 4.78 is 3.48. The Kier molecular flexibility index (Phi) is 3.99. The van der Waals surface area contributed by atoms with Gasteiger partial charge in [-0.05, 0) is 31.7 Å². The molecule has 144 valence electrons. The van der Waals surface area contributed by atoms with E-state index in [9.17, 15) is 4.79 Å². The molecule has 1 aliphatic heterocycles. The predicted octanol–water partition coefficient (Wildman–Crippen LogP) is 2.37. The second-order valence-electron chi connectivity index (χ2n) is 7.53. The number of hydrogen-bond acceptors (Lipinski definition) is 6. The summed E-state index contributed by atoms with van der Waals surface area (Å²) in [6, 6.07) is 5.75. The van der Waals surface area contributed by atoms with Crippen LogP contribution in [0.3, 0.4) is 0 Å². The van der Waals surface area contributed by atoms with Crippen LogP contribution < -0.4 is 10.5 Å². The maximum Gasteiger partial charge on any atom is 0.259 e. The average molecular weight is 395 g/mol. The lowest BCUT2D eigenvalue weighted by Crippen LogP contribution is -2.44. The molecule has 0 aliphatic carbocycles. The third-order valence-corrected chi connectivity index (χ3v) is 6.42. The molecule has 0 spiro atoms. The van der Waals surface area contributed by atoms with Gasteiger partial charge in [0.2, 0.25) is 0 Å². The maximum atomic E-state index is 12.8. The van der Waals surface area contributed by atoms with Gasteiger partial charge in [-0.1, -0.05) is 11.3 Å². The van der Waals surface area contributed by atoms with E-state index < -0.39 is 0 Å². The monoisotopic (exact) mass is 394 g/mol. The summed E-state index contributed by atoms with van der Waals surface area (Å²) in [6.45, 7) is 6.06. The Bertz CT molecular complexity index is 1250. The molecule has 0 N–H and O–H groups in total. The van der Waals surface area contributed by atoms with E-state index in [4.69, 9.17) is 4.98 Å². The Labute approximate surface area is 166 Å². The molecule has 8 heteroatoms. The third-order valence-electron chi connectivity index (χ3n) is 5.38. The first kappa shape index (κ1) is 17.4. The van der Waals surface area contributed by atoms with Crippen LogP contribution in [0, 0.1) is 6.92 Å². The van der Waals surface area contributed by atoms with E-state index in [0.717, 1.165) is 58.2 Å².